The molecule has 7 nitrogen and oxygen atoms in total. The molecule has 18 heavy (non-hydrogen) atoms. The van der Waals surface area contributed by atoms with Crippen molar-refractivity contribution in [2.24, 2.45) is 0 Å². The number of hydrogen-bond acceptors (Lipinski definition) is 4. The van der Waals surface area contributed by atoms with E-state index in [0.29, 0.717) is 13.0 Å². The Balaban J connectivity index is 4.06. The molecule has 0 fully saturated rings. The molecule has 0 aromatic heterocycles. The summed E-state index contributed by atoms with van der Waals surface area (Å²) in [6.45, 7) is 4.23. The standard InChI is InChI=1S/C11H22N2O5/c1-8(2)13(6-3-7-14)11(18)12-5-4-9(15)10(16)17/h8-9,14-15H,3-7H2,1-2H3,(H,12,18)(H,16,17). The second-order valence-corrected chi connectivity index (χ2v) is 4.24. The minimum absolute atomic E-state index is 0.00816. The maximum atomic E-state index is 11.7. The molecule has 4 N–H and O–H groups in total. The van der Waals surface area contributed by atoms with Gasteiger partial charge in [-0.2, -0.15) is 0 Å². The highest BCUT2D eigenvalue weighted by molar-refractivity contribution is 5.75. The monoisotopic (exact) mass is 262 g/mol. The zero-order valence-electron chi connectivity index (χ0n) is 10.8. The second kappa shape index (κ2) is 8.71. The van der Waals surface area contributed by atoms with Crippen molar-refractivity contribution < 1.29 is 24.9 Å². The summed E-state index contributed by atoms with van der Waals surface area (Å²) < 4.78 is 0. The Hall–Kier alpha value is -1.34. The third kappa shape index (κ3) is 6.41. The maximum Gasteiger partial charge on any atom is 0.332 e. The molecule has 2 amide bonds. The van der Waals surface area contributed by atoms with Gasteiger partial charge in [-0.1, -0.05) is 0 Å². The number of nitrogens with one attached hydrogen (secondary N) is 1. The highest BCUT2D eigenvalue weighted by atomic mass is 16.4. The molecule has 0 spiro atoms. The van der Waals surface area contributed by atoms with Crippen LogP contribution in [0.3, 0.4) is 0 Å². The van der Waals surface area contributed by atoms with Gasteiger partial charge in [-0.05, 0) is 20.3 Å². The quantitative estimate of drug-likeness (QED) is 0.477. The number of aliphatic hydroxyl groups excluding tert-OH is 2. The lowest BCUT2D eigenvalue weighted by atomic mass is 10.2. The fourth-order valence-electron chi connectivity index (χ4n) is 1.38. The molecular weight excluding hydrogens is 240 g/mol. The van der Waals surface area contributed by atoms with E-state index in [1.165, 1.54) is 0 Å². The normalized spacial score (nSPS) is 12.3. The number of amides is 2. The number of nitrogens with zero attached hydrogens (tertiary/aromatic N) is 1. The van der Waals surface area contributed by atoms with Gasteiger partial charge in [0.1, 0.15) is 0 Å². The van der Waals surface area contributed by atoms with Crippen molar-refractivity contribution in [1.29, 1.82) is 0 Å². The van der Waals surface area contributed by atoms with Gasteiger partial charge in [-0.15, -0.1) is 0 Å². The number of aliphatic carboxylic acids is 1. The Morgan fingerprint density at radius 1 is 1.33 bits per heavy atom. The van der Waals surface area contributed by atoms with Crippen LogP contribution in [0.25, 0.3) is 0 Å². The smallest absolute Gasteiger partial charge is 0.332 e. The number of hydrogen-bond donors (Lipinski definition) is 4. The first-order valence-corrected chi connectivity index (χ1v) is 5.96. The molecule has 0 aliphatic carbocycles. The minimum Gasteiger partial charge on any atom is -0.479 e. The van der Waals surface area contributed by atoms with Crippen molar-refractivity contribution in [3.05, 3.63) is 0 Å². The predicted octanol–water partition coefficient (Wildman–Crippen LogP) is -0.376. The fourth-order valence-corrected chi connectivity index (χ4v) is 1.38. The molecule has 0 aromatic carbocycles. The number of carboxylic acids is 1. The zero-order valence-corrected chi connectivity index (χ0v) is 10.8. The van der Waals surface area contributed by atoms with Crippen LogP contribution in [0.2, 0.25) is 0 Å². The molecule has 0 aliphatic heterocycles. The van der Waals surface area contributed by atoms with Crippen LogP contribution in [0.5, 0.6) is 0 Å². The van der Waals surface area contributed by atoms with E-state index in [2.05, 4.69) is 5.32 Å². The molecular formula is C11H22N2O5. The van der Waals surface area contributed by atoms with Crippen molar-refractivity contribution >= 4 is 12.0 Å². The molecule has 0 radical (unpaired) electrons. The van der Waals surface area contributed by atoms with Gasteiger partial charge >= 0.3 is 12.0 Å². The molecule has 0 bridgehead atoms. The van der Waals surface area contributed by atoms with Crippen LogP contribution in [0.1, 0.15) is 26.7 Å². The molecule has 0 rings (SSSR count). The lowest BCUT2D eigenvalue weighted by molar-refractivity contribution is -0.146. The molecule has 0 saturated heterocycles. The molecule has 7 heteroatoms. The number of carbonyl (C=O) groups is 2. The van der Waals surface area contributed by atoms with Crippen molar-refractivity contribution in [2.45, 2.75) is 38.8 Å². The summed E-state index contributed by atoms with van der Waals surface area (Å²) >= 11 is 0. The largest absolute Gasteiger partial charge is 0.479 e. The maximum absolute atomic E-state index is 11.7. The van der Waals surface area contributed by atoms with E-state index in [0.717, 1.165) is 0 Å². The highest BCUT2D eigenvalue weighted by Gasteiger charge is 2.17. The Kier molecular flexibility index (Phi) is 8.06. The lowest BCUT2D eigenvalue weighted by Gasteiger charge is -2.26. The first kappa shape index (κ1) is 16.7. The summed E-state index contributed by atoms with van der Waals surface area (Å²) in [7, 11) is 0. The van der Waals surface area contributed by atoms with E-state index < -0.39 is 12.1 Å². The topological polar surface area (TPSA) is 110 Å². The summed E-state index contributed by atoms with van der Waals surface area (Å²) in [5, 5.41) is 28.8. The molecule has 0 heterocycles. The summed E-state index contributed by atoms with van der Waals surface area (Å²) in [6.07, 6.45) is -1.01. The van der Waals surface area contributed by atoms with Crippen LogP contribution in [-0.2, 0) is 4.79 Å². The number of urea groups is 1. The summed E-state index contributed by atoms with van der Waals surface area (Å²) in [5.74, 6) is -1.30. The van der Waals surface area contributed by atoms with E-state index in [1.54, 1.807) is 4.90 Å². The second-order valence-electron chi connectivity index (χ2n) is 4.24. The van der Waals surface area contributed by atoms with E-state index >= 15 is 0 Å². The zero-order chi connectivity index (χ0) is 14.1. The van der Waals surface area contributed by atoms with Gasteiger partial charge in [0.25, 0.3) is 0 Å². The van der Waals surface area contributed by atoms with Gasteiger partial charge in [0.15, 0.2) is 6.10 Å². The third-order valence-electron chi connectivity index (χ3n) is 2.42. The highest BCUT2D eigenvalue weighted by Crippen LogP contribution is 2.00. The van der Waals surface area contributed by atoms with Crippen molar-refractivity contribution in [1.82, 2.24) is 10.2 Å². The third-order valence-corrected chi connectivity index (χ3v) is 2.42. The van der Waals surface area contributed by atoms with Gasteiger partial charge in [-0.3, -0.25) is 0 Å². The Morgan fingerprint density at radius 2 is 1.94 bits per heavy atom. The van der Waals surface area contributed by atoms with Gasteiger partial charge < -0.3 is 25.5 Å². The van der Waals surface area contributed by atoms with E-state index in [4.69, 9.17) is 15.3 Å². The molecule has 0 aliphatic rings. The average Bonchev–Trinajstić information content (AvgIpc) is 2.28. The van der Waals surface area contributed by atoms with Crippen molar-refractivity contribution in [2.75, 3.05) is 19.7 Å². The van der Waals surface area contributed by atoms with Crippen LogP contribution in [0, 0.1) is 0 Å². The van der Waals surface area contributed by atoms with Gasteiger partial charge in [-0.25, -0.2) is 9.59 Å². The Bertz CT molecular complexity index is 270. The van der Waals surface area contributed by atoms with Crippen molar-refractivity contribution in [3.63, 3.8) is 0 Å². The molecule has 1 unspecified atom stereocenters. The lowest BCUT2D eigenvalue weighted by Crippen LogP contribution is -2.45. The Labute approximate surface area is 106 Å². The molecule has 106 valence electrons. The number of rotatable bonds is 8. The Morgan fingerprint density at radius 3 is 2.39 bits per heavy atom. The van der Waals surface area contributed by atoms with Gasteiger partial charge in [0, 0.05) is 32.2 Å². The SMILES string of the molecule is CC(C)N(CCCO)C(=O)NCCC(O)C(=O)O. The average molecular weight is 262 g/mol. The van der Waals surface area contributed by atoms with E-state index in [9.17, 15) is 9.59 Å². The van der Waals surface area contributed by atoms with E-state index in [-0.39, 0.29) is 31.6 Å². The van der Waals surface area contributed by atoms with Crippen LogP contribution in [-0.4, -0.2) is 64.1 Å². The summed E-state index contributed by atoms with van der Waals surface area (Å²) in [6, 6.07) is -0.336. The van der Waals surface area contributed by atoms with Gasteiger partial charge in [0.2, 0.25) is 0 Å². The number of carboxylic acid groups (broad SMARTS) is 1. The fraction of sp³-hybridized carbons (Fsp3) is 0.818. The predicted molar refractivity (Wildman–Crippen MR) is 65.2 cm³/mol. The molecule has 1 atom stereocenters. The van der Waals surface area contributed by atoms with Crippen LogP contribution >= 0.6 is 0 Å². The molecule has 0 aromatic rings. The molecule has 0 saturated carbocycles. The van der Waals surface area contributed by atoms with Crippen molar-refractivity contribution in [3.8, 4) is 0 Å². The van der Waals surface area contributed by atoms with Crippen LogP contribution in [0.15, 0.2) is 0 Å². The summed E-state index contributed by atoms with van der Waals surface area (Å²) in [4.78, 5) is 23.6. The minimum atomic E-state index is -1.46. The van der Waals surface area contributed by atoms with Crippen LogP contribution < -0.4 is 5.32 Å². The summed E-state index contributed by atoms with van der Waals surface area (Å²) in [5.41, 5.74) is 0. The first-order chi connectivity index (χ1) is 8.40. The number of carbonyl (C=O) groups excluding carboxylic acids is 1. The van der Waals surface area contributed by atoms with E-state index in [1.807, 2.05) is 13.8 Å². The first-order valence-electron chi connectivity index (χ1n) is 5.96. The van der Waals surface area contributed by atoms with Gasteiger partial charge in [0.05, 0.1) is 0 Å². The number of aliphatic hydroxyl groups is 2. The van der Waals surface area contributed by atoms with Crippen LogP contribution in [0.4, 0.5) is 4.79 Å².